The summed E-state index contributed by atoms with van der Waals surface area (Å²) in [4.78, 5) is 43.4. The lowest BCUT2D eigenvalue weighted by molar-refractivity contribution is -0.143. The molecule has 0 bridgehead atoms. The van der Waals surface area contributed by atoms with Gasteiger partial charge < -0.3 is 24.6 Å². The molecule has 9 nitrogen and oxygen atoms in total. The van der Waals surface area contributed by atoms with Gasteiger partial charge in [-0.2, -0.15) is 0 Å². The normalized spacial score (nSPS) is 22.2. The number of carbonyl (C=O) groups excluding carboxylic acids is 1. The molecule has 0 unspecified atom stereocenters. The van der Waals surface area contributed by atoms with Gasteiger partial charge >= 0.3 is 17.8 Å². The minimum atomic E-state index is -0.748. The molecule has 1 amide bonds. The number of carboxylic acid groups (broad SMARTS) is 1. The summed E-state index contributed by atoms with van der Waals surface area (Å²) in [5.74, 6) is -1.06. The Morgan fingerprint density at radius 3 is 2.31 bits per heavy atom. The number of aromatic amines is 1. The van der Waals surface area contributed by atoms with Gasteiger partial charge in [0.2, 0.25) is 0 Å². The number of nitrogens with one attached hydrogen (secondary N) is 1. The van der Waals surface area contributed by atoms with Gasteiger partial charge in [0.05, 0.1) is 22.6 Å². The Labute approximate surface area is 186 Å². The van der Waals surface area contributed by atoms with Gasteiger partial charge in [0.25, 0.3) is 0 Å². The number of carboxylic acids is 1. The number of anilines is 1. The molecule has 2 fully saturated rings. The molecule has 2 aromatic rings. The van der Waals surface area contributed by atoms with E-state index in [1.54, 1.807) is 9.47 Å². The van der Waals surface area contributed by atoms with Crippen molar-refractivity contribution < 1.29 is 19.4 Å². The van der Waals surface area contributed by atoms with Gasteiger partial charge in [-0.3, -0.25) is 9.36 Å². The fraction of sp³-hybridized carbons (Fsp3) is 0.609. The first-order chi connectivity index (χ1) is 15.1. The van der Waals surface area contributed by atoms with Crippen molar-refractivity contribution in [2.75, 3.05) is 31.1 Å². The summed E-state index contributed by atoms with van der Waals surface area (Å²) < 4.78 is 7.28. The third kappa shape index (κ3) is 4.47. The highest BCUT2D eigenvalue weighted by Gasteiger charge is 2.30. The quantitative estimate of drug-likeness (QED) is 0.753. The molecule has 32 heavy (non-hydrogen) atoms. The van der Waals surface area contributed by atoms with E-state index in [0.29, 0.717) is 51.9 Å². The Morgan fingerprint density at radius 1 is 1.06 bits per heavy atom. The average molecular weight is 445 g/mol. The average Bonchev–Trinajstić information content (AvgIpc) is 3.08. The van der Waals surface area contributed by atoms with Gasteiger partial charge in [-0.25, -0.2) is 9.59 Å². The second-order valence-electron chi connectivity index (χ2n) is 9.77. The highest BCUT2D eigenvalue weighted by Crippen LogP contribution is 2.35. The lowest BCUT2D eigenvalue weighted by Crippen LogP contribution is -2.50. The number of amides is 1. The summed E-state index contributed by atoms with van der Waals surface area (Å²) >= 11 is 0. The van der Waals surface area contributed by atoms with Gasteiger partial charge in [0.15, 0.2) is 0 Å². The topological polar surface area (TPSA) is 108 Å². The van der Waals surface area contributed by atoms with Crippen LogP contribution in [-0.4, -0.2) is 63.4 Å². The van der Waals surface area contributed by atoms with E-state index in [0.717, 1.165) is 16.7 Å². The lowest BCUT2D eigenvalue weighted by atomic mass is 9.86. The number of imidazole rings is 1. The van der Waals surface area contributed by atoms with E-state index in [1.165, 1.54) is 0 Å². The predicted octanol–water partition coefficient (Wildman–Crippen LogP) is 3.20. The molecule has 0 atom stereocenters. The first-order valence-corrected chi connectivity index (χ1v) is 11.3. The number of H-pyrrole nitrogens is 1. The first kappa shape index (κ1) is 22.2. The molecule has 0 spiro atoms. The zero-order valence-electron chi connectivity index (χ0n) is 19.0. The van der Waals surface area contributed by atoms with Crippen molar-refractivity contribution in [3.8, 4) is 0 Å². The molecule has 1 aromatic carbocycles. The second kappa shape index (κ2) is 8.52. The van der Waals surface area contributed by atoms with E-state index >= 15 is 0 Å². The van der Waals surface area contributed by atoms with Crippen molar-refractivity contribution in [1.82, 2.24) is 14.5 Å². The van der Waals surface area contributed by atoms with Crippen LogP contribution in [0.2, 0.25) is 0 Å². The van der Waals surface area contributed by atoms with Gasteiger partial charge in [-0.15, -0.1) is 0 Å². The maximum Gasteiger partial charge on any atom is 0.410 e. The molecular weight excluding hydrogens is 412 g/mol. The van der Waals surface area contributed by atoms with Gasteiger partial charge in [0.1, 0.15) is 5.60 Å². The number of rotatable bonds is 3. The zero-order valence-corrected chi connectivity index (χ0v) is 19.0. The number of para-hydroxylation sites is 1. The lowest BCUT2D eigenvalue weighted by Gasteiger charge is -2.36. The van der Waals surface area contributed by atoms with Crippen LogP contribution < -0.4 is 10.6 Å². The number of hydrogen-bond acceptors (Lipinski definition) is 5. The molecular formula is C23H32N4O5. The predicted molar refractivity (Wildman–Crippen MR) is 121 cm³/mol. The third-order valence-corrected chi connectivity index (χ3v) is 6.41. The number of fused-ring (bicyclic) bond motifs is 1. The van der Waals surface area contributed by atoms with Gasteiger partial charge in [-0.05, 0) is 58.6 Å². The molecule has 2 heterocycles. The molecule has 1 aromatic heterocycles. The van der Waals surface area contributed by atoms with Crippen LogP contribution in [0.25, 0.3) is 11.0 Å². The Kier molecular flexibility index (Phi) is 5.92. The molecule has 9 heteroatoms. The summed E-state index contributed by atoms with van der Waals surface area (Å²) in [5, 5.41) is 9.26. The van der Waals surface area contributed by atoms with Crippen LogP contribution in [0.15, 0.2) is 23.0 Å². The van der Waals surface area contributed by atoms with Crippen LogP contribution in [0.1, 0.15) is 52.5 Å². The fourth-order valence-corrected chi connectivity index (χ4v) is 4.80. The Hall–Kier alpha value is -2.97. The largest absolute Gasteiger partial charge is 0.481 e. The Balaban J connectivity index is 1.51. The summed E-state index contributed by atoms with van der Waals surface area (Å²) in [6.07, 6.45) is 2.24. The van der Waals surface area contributed by atoms with Crippen molar-refractivity contribution in [2.45, 2.75) is 58.1 Å². The number of carbonyl (C=O) groups is 2. The number of ether oxygens (including phenoxy) is 1. The molecule has 1 aliphatic heterocycles. The van der Waals surface area contributed by atoms with Crippen LogP contribution in [0.5, 0.6) is 0 Å². The summed E-state index contributed by atoms with van der Waals surface area (Å²) in [5.41, 5.74) is 1.91. The number of benzene rings is 1. The number of nitrogens with zero attached hydrogens (tertiary/aromatic N) is 3. The first-order valence-electron chi connectivity index (χ1n) is 11.3. The minimum absolute atomic E-state index is 0.00566. The van der Waals surface area contributed by atoms with E-state index in [4.69, 9.17) is 4.74 Å². The van der Waals surface area contributed by atoms with Crippen molar-refractivity contribution >= 4 is 28.8 Å². The van der Waals surface area contributed by atoms with Crippen LogP contribution in [0.3, 0.4) is 0 Å². The number of hydrogen-bond donors (Lipinski definition) is 2. The highest BCUT2D eigenvalue weighted by molar-refractivity contribution is 5.89. The molecule has 4 rings (SSSR count). The van der Waals surface area contributed by atoms with E-state index < -0.39 is 11.6 Å². The Morgan fingerprint density at radius 2 is 1.72 bits per heavy atom. The number of piperazine rings is 1. The van der Waals surface area contributed by atoms with Gasteiger partial charge in [-0.1, -0.05) is 6.07 Å². The van der Waals surface area contributed by atoms with Gasteiger partial charge in [0, 0.05) is 32.2 Å². The maximum atomic E-state index is 12.9. The SMILES string of the molecule is CC(C)(C)OC(=O)N1CCN(c2cccc3c2[nH]c(=O)n3C2CCC(C(=O)O)CC2)CC1. The summed E-state index contributed by atoms with van der Waals surface area (Å²) in [6.45, 7) is 7.97. The molecule has 1 saturated carbocycles. The molecule has 1 saturated heterocycles. The zero-order chi connectivity index (χ0) is 23.0. The van der Waals surface area contributed by atoms with Crippen LogP contribution in [0.4, 0.5) is 10.5 Å². The van der Waals surface area contributed by atoms with Crippen molar-refractivity contribution in [1.29, 1.82) is 0 Å². The van der Waals surface area contributed by atoms with E-state index in [2.05, 4.69) is 9.88 Å². The molecule has 2 N–H and O–H groups in total. The van der Waals surface area contributed by atoms with Crippen molar-refractivity contribution in [2.24, 2.45) is 5.92 Å². The van der Waals surface area contributed by atoms with E-state index in [-0.39, 0.29) is 23.7 Å². The third-order valence-electron chi connectivity index (χ3n) is 6.41. The summed E-state index contributed by atoms with van der Waals surface area (Å²) in [7, 11) is 0. The van der Waals surface area contributed by atoms with Crippen molar-refractivity contribution in [3.63, 3.8) is 0 Å². The molecule has 0 radical (unpaired) electrons. The van der Waals surface area contributed by atoms with Crippen molar-refractivity contribution in [3.05, 3.63) is 28.7 Å². The van der Waals surface area contributed by atoms with Crippen LogP contribution in [-0.2, 0) is 9.53 Å². The second-order valence-corrected chi connectivity index (χ2v) is 9.77. The van der Waals surface area contributed by atoms with Crippen LogP contribution >= 0.6 is 0 Å². The molecule has 174 valence electrons. The smallest absolute Gasteiger partial charge is 0.410 e. The maximum absolute atomic E-state index is 12.9. The van der Waals surface area contributed by atoms with E-state index in [1.807, 2.05) is 39.0 Å². The minimum Gasteiger partial charge on any atom is -0.481 e. The fourth-order valence-electron chi connectivity index (χ4n) is 4.80. The standard InChI is InChI=1S/C23H32N4O5/c1-23(2,3)32-22(31)26-13-11-25(12-14-26)17-5-4-6-18-19(17)24-21(30)27(18)16-9-7-15(8-10-16)20(28)29/h4-6,15-16H,7-14H2,1-3H3,(H,24,30)(H,28,29). The van der Waals surface area contributed by atoms with E-state index in [9.17, 15) is 19.5 Å². The Bertz CT molecular complexity index is 1050. The monoisotopic (exact) mass is 444 g/mol. The number of aromatic nitrogens is 2. The van der Waals surface area contributed by atoms with Crippen LogP contribution in [0, 0.1) is 5.92 Å². The summed E-state index contributed by atoms with van der Waals surface area (Å²) in [6, 6.07) is 5.89. The number of aliphatic carboxylic acids is 1. The molecule has 2 aliphatic rings. The molecule has 1 aliphatic carbocycles. The highest BCUT2D eigenvalue weighted by atomic mass is 16.6.